The highest BCUT2D eigenvalue weighted by atomic mass is 16.3. The van der Waals surface area contributed by atoms with Crippen molar-refractivity contribution in [3.8, 4) is 46.0 Å². The van der Waals surface area contributed by atoms with Gasteiger partial charge in [-0.05, 0) is 59.4 Å². The summed E-state index contributed by atoms with van der Waals surface area (Å²) in [5, 5.41) is 83.2. The number of phenols is 8. The molecule has 0 radical (unpaired) electrons. The number of aromatic hydroxyl groups is 8. The minimum Gasteiger partial charge on any atom is -0.508 e. The molecule has 0 heterocycles. The first-order valence-electron chi connectivity index (χ1n) is 11.2. The van der Waals surface area contributed by atoms with E-state index in [1.807, 2.05) is 0 Å². The molecule has 4 aromatic carbocycles. The lowest BCUT2D eigenvalue weighted by Crippen LogP contribution is -2.28. The van der Waals surface area contributed by atoms with E-state index in [9.17, 15) is 40.9 Å². The van der Waals surface area contributed by atoms with Crippen molar-refractivity contribution in [2.24, 2.45) is 0 Å². The highest BCUT2D eigenvalue weighted by Crippen LogP contribution is 2.58. The van der Waals surface area contributed by atoms with Crippen LogP contribution in [0.5, 0.6) is 46.0 Å². The van der Waals surface area contributed by atoms with Crippen molar-refractivity contribution >= 4 is 0 Å². The molecule has 1 aliphatic rings. The van der Waals surface area contributed by atoms with Crippen LogP contribution >= 0.6 is 0 Å². The molecular weight excluding hydrogens is 464 g/mol. The van der Waals surface area contributed by atoms with Crippen molar-refractivity contribution in [2.45, 2.75) is 24.2 Å². The van der Waals surface area contributed by atoms with E-state index < -0.39 is 17.8 Å². The van der Waals surface area contributed by atoms with Gasteiger partial charge in [0.2, 0.25) is 0 Å². The highest BCUT2D eigenvalue weighted by molar-refractivity contribution is 5.60. The molecule has 5 rings (SSSR count). The van der Waals surface area contributed by atoms with Crippen LogP contribution in [0.1, 0.15) is 45.6 Å². The average molecular weight is 488 g/mol. The molecule has 4 aromatic rings. The van der Waals surface area contributed by atoms with Gasteiger partial charge in [-0.2, -0.15) is 0 Å². The van der Waals surface area contributed by atoms with E-state index in [1.165, 1.54) is 60.7 Å². The fourth-order valence-corrected chi connectivity index (χ4v) is 5.51. The van der Waals surface area contributed by atoms with Crippen LogP contribution in [0.3, 0.4) is 0 Å². The number of benzene rings is 4. The standard InChI is InChI=1S/C28H24O8/c29-15-1-3-20(23(34)10-15)22-8-14-7-19(33)12-25(36)27(14)28(21-4-2-16(30)11-24(21)35)26(22)13-5-17(31)9-18(32)6-13/h1-7,9-12,22,26,28-36H,8H2/t22-,26-,28+/m1/s1. The molecule has 1 aliphatic carbocycles. The molecule has 0 spiro atoms. The average Bonchev–Trinajstić information content (AvgIpc) is 2.77. The summed E-state index contributed by atoms with van der Waals surface area (Å²) in [5.41, 5.74) is 2.21. The Morgan fingerprint density at radius 2 is 1.03 bits per heavy atom. The minimum absolute atomic E-state index is 0.137. The zero-order valence-corrected chi connectivity index (χ0v) is 18.9. The molecule has 0 saturated carbocycles. The van der Waals surface area contributed by atoms with Crippen molar-refractivity contribution in [3.05, 3.63) is 94.5 Å². The van der Waals surface area contributed by atoms with Crippen molar-refractivity contribution in [3.63, 3.8) is 0 Å². The number of fused-ring (bicyclic) bond motifs is 1. The Bertz CT molecular complexity index is 1460. The number of rotatable bonds is 3. The largest absolute Gasteiger partial charge is 0.508 e. The summed E-state index contributed by atoms with van der Waals surface area (Å²) in [6.07, 6.45) is 0.228. The molecule has 36 heavy (non-hydrogen) atoms. The summed E-state index contributed by atoms with van der Waals surface area (Å²) in [6, 6.07) is 15.1. The second kappa shape index (κ2) is 8.49. The zero-order valence-electron chi connectivity index (χ0n) is 18.9. The maximum Gasteiger partial charge on any atom is 0.123 e. The molecule has 0 aliphatic heterocycles. The molecule has 8 nitrogen and oxygen atoms in total. The van der Waals surface area contributed by atoms with E-state index in [0.717, 1.165) is 0 Å². The maximum atomic E-state index is 11.0. The summed E-state index contributed by atoms with van der Waals surface area (Å²) in [5.74, 6) is -3.54. The zero-order chi connectivity index (χ0) is 25.7. The fraction of sp³-hybridized carbons (Fsp3) is 0.143. The molecule has 0 saturated heterocycles. The lowest BCUT2D eigenvalue weighted by atomic mass is 9.62. The van der Waals surface area contributed by atoms with Gasteiger partial charge in [-0.15, -0.1) is 0 Å². The summed E-state index contributed by atoms with van der Waals surface area (Å²) in [4.78, 5) is 0. The quantitative estimate of drug-likeness (QED) is 0.208. The van der Waals surface area contributed by atoms with Crippen LogP contribution in [0, 0.1) is 0 Å². The van der Waals surface area contributed by atoms with Gasteiger partial charge in [0.15, 0.2) is 0 Å². The van der Waals surface area contributed by atoms with E-state index in [4.69, 9.17) is 0 Å². The summed E-state index contributed by atoms with van der Waals surface area (Å²) < 4.78 is 0. The van der Waals surface area contributed by atoms with Crippen LogP contribution in [0.25, 0.3) is 0 Å². The lowest BCUT2D eigenvalue weighted by molar-refractivity contribution is 0.383. The summed E-state index contributed by atoms with van der Waals surface area (Å²) >= 11 is 0. The number of hydrogen-bond donors (Lipinski definition) is 8. The fourth-order valence-electron chi connectivity index (χ4n) is 5.51. The van der Waals surface area contributed by atoms with E-state index in [2.05, 4.69) is 0 Å². The predicted octanol–water partition coefficient (Wildman–Crippen LogP) is 4.59. The van der Waals surface area contributed by atoms with Gasteiger partial charge in [-0.1, -0.05) is 12.1 Å². The van der Waals surface area contributed by atoms with Gasteiger partial charge in [0.25, 0.3) is 0 Å². The Kier molecular flexibility index (Phi) is 5.44. The molecule has 184 valence electrons. The maximum absolute atomic E-state index is 11.0. The van der Waals surface area contributed by atoms with Gasteiger partial charge in [-0.25, -0.2) is 0 Å². The molecule has 3 atom stereocenters. The van der Waals surface area contributed by atoms with E-state index in [1.54, 1.807) is 6.07 Å². The third-order valence-electron chi connectivity index (χ3n) is 6.84. The molecule has 0 fully saturated rings. The first-order chi connectivity index (χ1) is 17.1. The monoisotopic (exact) mass is 488 g/mol. The van der Waals surface area contributed by atoms with Crippen molar-refractivity contribution in [2.75, 3.05) is 0 Å². The Labute approximate surface area is 205 Å². The van der Waals surface area contributed by atoms with Gasteiger partial charge in [0.05, 0.1) is 0 Å². The SMILES string of the molecule is Oc1cc(O)cc([C@H]2[C@H](c3ccc(O)cc3O)c3c(O)cc(O)cc3C[C@@H]2c2ccc(O)cc2O)c1. The normalized spacial score (nSPS) is 19.1. The predicted molar refractivity (Wildman–Crippen MR) is 130 cm³/mol. The lowest BCUT2D eigenvalue weighted by Gasteiger charge is -2.41. The first-order valence-corrected chi connectivity index (χ1v) is 11.2. The molecule has 0 aromatic heterocycles. The summed E-state index contributed by atoms with van der Waals surface area (Å²) in [7, 11) is 0. The van der Waals surface area contributed by atoms with Crippen LogP contribution in [0.2, 0.25) is 0 Å². The van der Waals surface area contributed by atoms with Crippen molar-refractivity contribution in [1.82, 2.24) is 0 Å². The molecule has 0 amide bonds. The summed E-state index contributed by atoms with van der Waals surface area (Å²) in [6.45, 7) is 0. The van der Waals surface area contributed by atoms with Crippen molar-refractivity contribution < 1.29 is 40.9 Å². The van der Waals surface area contributed by atoms with Crippen LogP contribution < -0.4 is 0 Å². The highest BCUT2D eigenvalue weighted by Gasteiger charge is 2.43. The van der Waals surface area contributed by atoms with Crippen LogP contribution in [0.15, 0.2) is 66.7 Å². The third kappa shape index (κ3) is 3.92. The van der Waals surface area contributed by atoms with E-state index in [-0.39, 0.29) is 52.4 Å². The van der Waals surface area contributed by atoms with Crippen LogP contribution in [-0.4, -0.2) is 40.9 Å². The third-order valence-corrected chi connectivity index (χ3v) is 6.84. The first kappa shape index (κ1) is 23.0. The number of hydrogen-bond acceptors (Lipinski definition) is 8. The second-order valence-corrected chi connectivity index (χ2v) is 9.12. The number of phenolic OH excluding ortho intramolecular Hbond substituents is 8. The molecule has 0 unspecified atom stereocenters. The second-order valence-electron chi connectivity index (χ2n) is 9.12. The minimum atomic E-state index is -0.797. The van der Waals surface area contributed by atoms with Gasteiger partial charge in [0.1, 0.15) is 46.0 Å². The van der Waals surface area contributed by atoms with E-state index >= 15 is 0 Å². The van der Waals surface area contributed by atoms with E-state index in [0.29, 0.717) is 27.8 Å². The molecule has 8 heteroatoms. The molecule has 0 bridgehead atoms. The van der Waals surface area contributed by atoms with Gasteiger partial charge < -0.3 is 40.9 Å². The molecular formula is C28H24O8. The topological polar surface area (TPSA) is 162 Å². The van der Waals surface area contributed by atoms with Gasteiger partial charge in [-0.3, -0.25) is 0 Å². The van der Waals surface area contributed by atoms with Gasteiger partial charge >= 0.3 is 0 Å². The smallest absolute Gasteiger partial charge is 0.123 e. The molecule has 8 N–H and O–H groups in total. The Morgan fingerprint density at radius 1 is 0.500 bits per heavy atom. The van der Waals surface area contributed by atoms with Crippen LogP contribution in [0.4, 0.5) is 0 Å². The Morgan fingerprint density at radius 3 is 1.61 bits per heavy atom. The van der Waals surface area contributed by atoms with Crippen LogP contribution in [-0.2, 0) is 6.42 Å². The van der Waals surface area contributed by atoms with Gasteiger partial charge in [0, 0.05) is 47.2 Å². The Balaban J connectivity index is 1.86. The Hall–Kier alpha value is -4.72. The van der Waals surface area contributed by atoms with Crippen molar-refractivity contribution in [1.29, 1.82) is 0 Å².